The monoisotopic (exact) mass is 342 g/mol. The van der Waals surface area contributed by atoms with Crippen molar-refractivity contribution >= 4 is 23.1 Å². The Morgan fingerprint density at radius 3 is 3.08 bits per heavy atom. The van der Waals surface area contributed by atoms with Crippen LogP contribution < -0.4 is 10.1 Å². The zero-order valence-electron chi connectivity index (χ0n) is 13.1. The average Bonchev–Trinajstić information content (AvgIpc) is 3.16. The van der Waals surface area contributed by atoms with Gasteiger partial charge in [-0.2, -0.15) is 0 Å². The highest BCUT2D eigenvalue weighted by Gasteiger charge is 2.26. The highest BCUT2D eigenvalue weighted by atomic mass is 32.1. The molecule has 1 aromatic heterocycles. The van der Waals surface area contributed by atoms with Crippen LogP contribution in [0, 0.1) is 12.3 Å². The SMILES string of the molecule is C#CCOc1ccccc1NC(=O)N1CCOC(c2cccs2)C1. The lowest BCUT2D eigenvalue weighted by atomic mass is 10.2. The van der Waals surface area contributed by atoms with Crippen LogP contribution in [0.15, 0.2) is 41.8 Å². The van der Waals surface area contributed by atoms with E-state index in [0.717, 1.165) is 4.88 Å². The van der Waals surface area contributed by atoms with Crippen molar-refractivity contribution in [1.82, 2.24) is 4.90 Å². The van der Waals surface area contributed by atoms with Crippen molar-refractivity contribution < 1.29 is 14.3 Å². The molecule has 3 rings (SSSR count). The van der Waals surface area contributed by atoms with Gasteiger partial charge in [-0.1, -0.05) is 24.1 Å². The number of morpholine rings is 1. The summed E-state index contributed by atoms with van der Waals surface area (Å²) >= 11 is 1.64. The number of terminal acetylenes is 1. The van der Waals surface area contributed by atoms with Crippen molar-refractivity contribution in [3.63, 3.8) is 0 Å². The van der Waals surface area contributed by atoms with E-state index in [4.69, 9.17) is 15.9 Å². The van der Waals surface area contributed by atoms with Gasteiger partial charge in [0.25, 0.3) is 0 Å². The number of amides is 2. The van der Waals surface area contributed by atoms with E-state index in [1.807, 2.05) is 29.6 Å². The molecule has 1 saturated heterocycles. The van der Waals surface area contributed by atoms with E-state index in [1.165, 1.54) is 0 Å². The third-order valence-corrected chi connectivity index (χ3v) is 4.62. The molecule has 1 aromatic carbocycles. The van der Waals surface area contributed by atoms with Gasteiger partial charge in [0, 0.05) is 11.4 Å². The van der Waals surface area contributed by atoms with Gasteiger partial charge >= 0.3 is 6.03 Å². The van der Waals surface area contributed by atoms with Crippen molar-refractivity contribution in [2.45, 2.75) is 6.10 Å². The Morgan fingerprint density at radius 2 is 2.29 bits per heavy atom. The molecule has 1 atom stereocenters. The first-order chi connectivity index (χ1) is 11.8. The van der Waals surface area contributed by atoms with Gasteiger partial charge in [0.2, 0.25) is 0 Å². The average molecular weight is 342 g/mol. The molecule has 0 spiro atoms. The number of para-hydroxylation sites is 2. The number of anilines is 1. The molecule has 5 nitrogen and oxygen atoms in total. The van der Waals surface area contributed by atoms with Crippen molar-refractivity contribution in [3.05, 3.63) is 46.7 Å². The molecule has 1 unspecified atom stereocenters. The Labute approximate surface area is 145 Å². The molecule has 24 heavy (non-hydrogen) atoms. The molecule has 6 heteroatoms. The number of rotatable bonds is 4. The minimum Gasteiger partial charge on any atom is -0.479 e. The van der Waals surface area contributed by atoms with E-state index >= 15 is 0 Å². The number of benzene rings is 1. The first-order valence-corrected chi connectivity index (χ1v) is 8.52. The molecule has 124 valence electrons. The zero-order chi connectivity index (χ0) is 16.8. The Bertz CT molecular complexity index is 724. The molecule has 1 N–H and O–H groups in total. The fraction of sp³-hybridized carbons (Fsp3) is 0.278. The fourth-order valence-electron chi connectivity index (χ4n) is 2.49. The second kappa shape index (κ2) is 7.86. The summed E-state index contributed by atoms with van der Waals surface area (Å²) in [5.41, 5.74) is 0.608. The van der Waals surface area contributed by atoms with Crippen LogP contribution in [0.2, 0.25) is 0 Å². The zero-order valence-corrected chi connectivity index (χ0v) is 13.9. The van der Waals surface area contributed by atoms with Crippen LogP contribution in [0.4, 0.5) is 10.5 Å². The lowest BCUT2D eigenvalue weighted by Gasteiger charge is -2.32. The number of ether oxygens (including phenoxy) is 2. The van der Waals surface area contributed by atoms with Crippen LogP contribution in [0.25, 0.3) is 0 Å². The third kappa shape index (κ3) is 3.88. The predicted molar refractivity (Wildman–Crippen MR) is 94.4 cm³/mol. The summed E-state index contributed by atoms with van der Waals surface area (Å²) < 4.78 is 11.2. The number of carbonyl (C=O) groups excluding carboxylic acids is 1. The number of carbonyl (C=O) groups is 1. The maximum absolute atomic E-state index is 12.6. The van der Waals surface area contributed by atoms with Gasteiger partial charge in [0.05, 0.1) is 18.8 Å². The molecule has 1 fully saturated rings. The van der Waals surface area contributed by atoms with Crippen LogP contribution in [0.1, 0.15) is 11.0 Å². The van der Waals surface area contributed by atoms with E-state index in [1.54, 1.807) is 28.4 Å². The minimum atomic E-state index is -0.170. The number of hydrogen-bond donors (Lipinski definition) is 1. The molecular weight excluding hydrogens is 324 g/mol. The van der Waals surface area contributed by atoms with Gasteiger partial charge in [0.1, 0.15) is 18.5 Å². The Kier molecular flexibility index (Phi) is 5.36. The summed E-state index contributed by atoms with van der Waals surface area (Å²) in [6.07, 6.45) is 5.15. The van der Waals surface area contributed by atoms with Crippen molar-refractivity contribution in [2.24, 2.45) is 0 Å². The summed E-state index contributed by atoms with van der Waals surface area (Å²) in [5, 5.41) is 4.91. The molecule has 0 aliphatic carbocycles. The standard InChI is InChI=1S/C18H18N2O3S/c1-2-10-22-15-7-4-3-6-14(15)19-18(21)20-9-11-23-16(13-20)17-8-5-12-24-17/h1,3-8,12,16H,9-11,13H2,(H,19,21). The molecule has 1 aliphatic heterocycles. The van der Waals surface area contributed by atoms with Gasteiger partial charge in [-0.05, 0) is 23.6 Å². The van der Waals surface area contributed by atoms with Crippen molar-refractivity contribution in [2.75, 3.05) is 31.6 Å². The van der Waals surface area contributed by atoms with Gasteiger partial charge in [-0.25, -0.2) is 4.79 Å². The third-order valence-electron chi connectivity index (χ3n) is 3.65. The lowest BCUT2D eigenvalue weighted by molar-refractivity contribution is -0.0116. The van der Waals surface area contributed by atoms with Crippen LogP contribution in [0.5, 0.6) is 5.75 Å². The molecule has 0 bridgehead atoms. The topological polar surface area (TPSA) is 50.8 Å². The highest BCUT2D eigenvalue weighted by Crippen LogP contribution is 2.28. The van der Waals surface area contributed by atoms with Gasteiger partial charge < -0.3 is 19.7 Å². The molecule has 0 radical (unpaired) electrons. The van der Waals surface area contributed by atoms with Crippen molar-refractivity contribution in [3.8, 4) is 18.1 Å². The smallest absolute Gasteiger partial charge is 0.322 e. The maximum atomic E-state index is 12.6. The summed E-state index contributed by atoms with van der Waals surface area (Å²) in [6.45, 7) is 1.76. The second-order valence-electron chi connectivity index (χ2n) is 5.24. The Balaban J connectivity index is 1.66. The Hall–Kier alpha value is -2.49. The van der Waals surface area contributed by atoms with E-state index in [9.17, 15) is 4.79 Å². The predicted octanol–water partition coefficient (Wildman–Crippen LogP) is 3.37. The largest absolute Gasteiger partial charge is 0.479 e. The second-order valence-corrected chi connectivity index (χ2v) is 6.22. The number of hydrogen-bond acceptors (Lipinski definition) is 4. The number of nitrogens with one attached hydrogen (secondary N) is 1. The van der Waals surface area contributed by atoms with Crippen LogP contribution >= 0.6 is 11.3 Å². The molecule has 2 aromatic rings. The highest BCUT2D eigenvalue weighted by molar-refractivity contribution is 7.10. The summed E-state index contributed by atoms with van der Waals surface area (Å²) in [5.74, 6) is 2.98. The molecule has 0 saturated carbocycles. The number of nitrogens with zero attached hydrogens (tertiary/aromatic N) is 1. The van der Waals surface area contributed by atoms with E-state index in [-0.39, 0.29) is 18.7 Å². The molecular formula is C18H18N2O3S. The summed E-state index contributed by atoms with van der Waals surface area (Å²) in [7, 11) is 0. The first-order valence-electron chi connectivity index (χ1n) is 7.64. The molecule has 2 heterocycles. The van der Waals surface area contributed by atoms with E-state index in [2.05, 4.69) is 11.2 Å². The normalized spacial score (nSPS) is 17.1. The molecule has 1 aliphatic rings. The molecule has 2 amide bonds. The van der Waals surface area contributed by atoms with Gasteiger partial charge in [-0.3, -0.25) is 0 Å². The van der Waals surface area contributed by atoms with E-state index in [0.29, 0.717) is 31.1 Å². The maximum Gasteiger partial charge on any atom is 0.322 e. The Morgan fingerprint density at radius 1 is 1.42 bits per heavy atom. The van der Waals surface area contributed by atoms with Crippen LogP contribution in [-0.2, 0) is 4.74 Å². The summed E-state index contributed by atoms with van der Waals surface area (Å²) in [6, 6.07) is 11.1. The summed E-state index contributed by atoms with van der Waals surface area (Å²) in [4.78, 5) is 15.5. The van der Waals surface area contributed by atoms with Gasteiger partial charge in [-0.15, -0.1) is 17.8 Å². The lowest BCUT2D eigenvalue weighted by Crippen LogP contribution is -2.44. The number of thiophene rings is 1. The van der Waals surface area contributed by atoms with Crippen LogP contribution in [-0.4, -0.2) is 37.2 Å². The number of urea groups is 1. The quantitative estimate of drug-likeness (QED) is 0.867. The first kappa shape index (κ1) is 16.4. The van der Waals surface area contributed by atoms with Crippen molar-refractivity contribution in [1.29, 1.82) is 0 Å². The fourth-order valence-corrected chi connectivity index (χ4v) is 3.26. The van der Waals surface area contributed by atoms with Crippen LogP contribution in [0.3, 0.4) is 0 Å². The van der Waals surface area contributed by atoms with E-state index < -0.39 is 0 Å². The minimum absolute atomic E-state index is 0.0718. The van der Waals surface area contributed by atoms with Gasteiger partial charge in [0.15, 0.2) is 0 Å².